The van der Waals surface area contributed by atoms with Crippen molar-refractivity contribution in [2.24, 2.45) is 11.3 Å². The van der Waals surface area contributed by atoms with E-state index in [1.807, 2.05) is 13.8 Å². The molecule has 3 heteroatoms. The van der Waals surface area contributed by atoms with Crippen molar-refractivity contribution in [3.63, 3.8) is 0 Å². The molecule has 0 aliphatic rings. The molecule has 0 fully saturated rings. The minimum Gasteiger partial charge on any atom is -0.356 e. The topological polar surface area (TPSA) is 46.2 Å². The molecule has 18 heavy (non-hydrogen) atoms. The zero-order valence-electron chi connectivity index (χ0n) is 12.6. The number of rotatable bonds is 8. The first-order valence-corrected chi connectivity index (χ1v) is 7.02. The Balaban J connectivity index is 3.46. The minimum absolute atomic E-state index is 0.0494. The van der Waals surface area contributed by atoms with Gasteiger partial charge in [0.1, 0.15) is 5.78 Å². The zero-order valence-corrected chi connectivity index (χ0v) is 12.6. The second-order valence-electron chi connectivity index (χ2n) is 6.52. The molecule has 0 saturated carbocycles. The van der Waals surface area contributed by atoms with E-state index in [9.17, 15) is 9.59 Å². The van der Waals surface area contributed by atoms with Crippen molar-refractivity contribution in [2.75, 3.05) is 6.54 Å². The van der Waals surface area contributed by atoms with Crippen molar-refractivity contribution < 1.29 is 9.59 Å². The van der Waals surface area contributed by atoms with Crippen LogP contribution in [-0.4, -0.2) is 18.2 Å². The van der Waals surface area contributed by atoms with Crippen LogP contribution in [0.15, 0.2) is 0 Å². The summed E-state index contributed by atoms with van der Waals surface area (Å²) in [5.74, 6) is 0.615. The van der Waals surface area contributed by atoms with E-state index in [0.29, 0.717) is 18.6 Å². The van der Waals surface area contributed by atoms with Gasteiger partial charge < -0.3 is 5.32 Å². The second-order valence-corrected chi connectivity index (χ2v) is 6.52. The molecule has 0 radical (unpaired) electrons. The Morgan fingerprint density at radius 2 is 1.67 bits per heavy atom. The highest BCUT2D eigenvalue weighted by atomic mass is 16.1. The molecule has 1 amide bonds. The molecule has 0 heterocycles. The third kappa shape index (κ3) is 10.3. The first-order valence-electron chi connectivity index (χ1n) is 7.02. The molecule has 0 spiro atoms. The Hall–Kier alpha value is -0.860. The number of hydrogen-bond donors (Lipinski definition) is 1. The summed E-state index contributed by atoms with van der Waals surface area (Å²) in [4.78, 5) is 22.9. The van der Waals surface area contributed by atoms with Crippen LogP contribution >= 0.6 is 0 Å². The fourth-order valence-corrected chi connectivity index (χ4v) is 1.66. The standard InChI is InChI=1S/C15H29NO2/c1-12(2)13(17)9-7-6-8-10-16-14(18)11-15(3,4)5/h12H,6-11H2,1-5H3,(H,16,18). The van der Waals surface area contributed by atoms with Crippen LogP contribution in [0.2, 0.25) is 0 Å². The predicted octanol–water partition coefficient (Wildman–Crippen LogP) is 3.32. The SMILES string of the molecule is CC(C)C(=O)CCCCCNC(=O)CC(C)(C)C. The Bertz CT molecular complexity index is 264. The van der Waals surface area contributed by atoms with Crippen LogP contribution in [0, 0.1) is 11.3 Å². The summed E-state index contributed by atoms with van der Waals surface area (Å²) in [6, 6.07) is 0. The van der Waals surface area contributed by atoms with Crippen LogP contribution in [0.4, 0.5) is 0 Å². The van der Waals surface area contributed by atoms with Crippen LogP contribution in [0.5, 0.6) is 0 Å². The smallest absolute Gasteiger partial charge is 0.220 e. The van der Waals surface area contributed by atoms with Crippen LogP contribution in [0.1, 0.15) is 66.7 Å². The number of carbonyl (C=O) groups is 2. The van der Waals surface area contributed by atoms with Gasteiger partial charge in [-0.05, 0) is 18.3 Å². The normalized spacial score (nSPS) is 11.7. The minimum atomic E-state index is 0.0494. The van der Waals surface area contributed by atoms with Gasteiger partial charge in [0.15, 0.2) is 0 Å². The molecule has 106 valence electrons. The number of Topliss-reactive ketones (excluding diaryl/α,β-unsaturated/α-hetero) is 1. The highest BCUT2D eigenvalue weighted by molar-refractivity contribution is 5.80. The van der Waals surface area contributed by atoms with E-state index < -0.39 is 0 Å². The molecule has 0 atom stereocenters. The third-order valence-corrected chi connectivity index (χ3v) is 2.76. The highest BCUT2D eigenvalue weighted by Crippen LogP contribution is 2.17. The average Bonchev–Trinajstić information content (AvgIpc) is 2.19. The van der Waals surface area contributed by atoms with Gasteiger partial charge >= 0.3 is 0 Å². The van der Waals surface area contributed by atoms with Gasteiger partial charge in [-0.1, -0.05) is 41.0 Å². The molecule has 0 aliphatic carbocycles. The van der Waals surface area contributed by atoms with E-state index >= 15 is 0 Å². The van der Waals surface area contributed by atoms with Gasteiger partial charge in [-0.2, -0.15) is 0 Å². The van der Waals surface area contributed by atoms with Gasteiger partial charge in [0, 0.05) is 25.3 Å². The van der Waals surface area contributed by atoms with Gasteiger partial charge in [0.05, 0.1) is 0 Å². The summed E-state index contributed by atoms with van der Waals surface area (Å²) in [5.41, 5.74) is 0.0494. The zero-order chi connectivity index (χ0) is 14.2. The largest absolute Gasteiger partial charge is 0.356 e. The summed E-state index contributed by atoms with van der Waals surface area (Å²) >= 11 is 0. The molecule has 0 aromatic heterocycles. The number of nitrogens with one attached hydrogen (secondary N) is 1. The van der Waals surface area contributed by atoms with Crippen molar-refractivity contribution in [3.05, 3.63) is 0 Å². The van der Waals surface area contributed by atoms with Gasteiger partial charge in [0.25, 0.3) is 0 Å². The van der Waals surface area contributed by atoms with E-state index in [0.717, 1.165) is 25.8 Å². The van der Waals surface area contributed by atoms with E-state index in [1.165, 1.54) is 0 Å². The van der Waals surface area contributed by atoms with E-state index in [4.69, 9.17) is 0 Å². The molecule has 0 bridgehead atoms. The van der Waals surface area contributed by atoms with Gasteiger partial charge in [-0.15, -0.1) is 0 Å². The van der Waals surface area contributed by atoms with Gasteiger partial charge in [-0.25, -0.2) is 0 Å². The molecular weight excluding hydrogens is 226 g/mol. The molecule has 0 aromatic carbocycles. The quantitative estimate of drug-likeness (QED) is 0.676. The Labute approximate surface area is 112 Å². The fourth-order valence-electron chi connectivity index (χ4n) is 1.66. The molecule has 1 N–H and O–H groups in total. The molecular formula is C15H29NO2. The van der Waals surface area contributed by atoms with E-state index in [2.05, 4.69) is 26.1 Å². The van der Waals surface area contributed by atoms with Crippen LogP contribution in [0.3, 0.4) is 0 Å². The summed E-state index contributed by atoms with van der Waals surface area (Å²) in [7, 11) is 0. The lowest BCUT2D eigenvalue weighted by Gasteiger charge is -2.17. The lowest BCUT2D eigenvalue weighted by Crippen LogP contribution is -2.28. The fraction of sp³-hybridized carbons (Fsp3) is 0.867. The lowest BCUT2D eigenvalue weighted by molar-refractivity contribution is -0.123. The summed E-state index contributed by atoms with van der Waals surface area (Å²) < 4.78 is 0. The number of carbonyl (C=O) groups excluding carboxylic acids is 2. The predicted molar refractivity (Wildman–Crippen MR) is 75.4 cm³/mol. The third-order valence-electron chi connectivity index (χ3n) is 2.76. The lowest BCUT2D eigenvalue weighted by atomic mass is 9.92. The van der Waals surface area contributed by atoms with Crippen molar-refractivity contribution >= 4 is 11.7 Å². The van der Waals surface area contributed by atoms with E-state index in [1.54, 1.807) is 0 Å². The summed E-state index contributed by atoms with van der Waals surface area (Å²) in [6.07, 6.45) is 4.15. The highest BCUT2D eigenvalue weighted by Gasteiger charge is 2.15. The monoisotopic (exact) mass is 255 g/mol. The first kappa shape index (κ1) is 17.1. The first-order chi connectivity index (χ1) is 8.22. The molecule has 0 saturated heterocycles. The Morgan fingerprint density at radius 3 is 2.17 bits per heavy atom. The number of unbranched alkanes of at least 4 members (excludes halogenated alkanes) is 2. The summed E-state index contributed by atoms with van der Waals surface area (Å²) in [5, 5.41) is 2.93. The van der Waals surface area contributed by atoms with Crippen molar-refractivity contribution in [2.45, 2.75) is 66.7 Å². The summed E-state index contributed by atoms with van der Waals surface area (Å²) in [6.45, 7) is 10.8. The Kier molecular flexibility index (Phi) is 7.88. The molecule has 0 aliphatic heterocycles. The number of amides is 1. The number of ketones is 1. The van der Waals surface area contributed by atoms with E-state index in [-0.39, 0.29) is 17.2 Å². The van der Waals surface area contributed by atoms with Crippen molar-refractivity contribution in [1.82, 2.24) is 5.32 Å². The maximum Gasteiger partial charge on any atom is 0.220 e. The number of hydrogen-bond acceptors (Lipinski definition) is 2. The molecule has 0 rings (SSSR count). The Morgan fingerprint density at radius 1 is 1.06 bits per heavy atom. The van der Waals surface area contributed by atoms with Crippen LogP contribution in [0.25, 0.3) is 0 Å². The van der Waals surface area contributed by atoms with Crippen LogP contribution in [-0.2, 0) is 9.59 Å². The molecule has 0 unspecified atom stereocenters. The van der Waals surface area contributed by atoms with Gasteiger partial charge in [-0.3, -0.25) is 9.59 Å². The van der Waals surface area contributed by atoms with Crippen molar-refractivity contribution in [1.29, 1.82) is 0 Å². The average molecular weight is 255 g/mol. The van der Waals surface area contributed by atoms with Gasteiger partial charge in [0.2, 0.25) is 5.91 Å². The van der Waals surface area contributed by atoms with Crippen molar-refractivity contribution in [3.8, 4) is 0 Å². The maximum atomic E-state index is 11.5. The molecule has 0 aromatic rings. The second kappa shape index (κ2) is 8.28. The van der Waals surface area contributed by atoms with Crippen LogP contribution < -0.4 is 5.32 Å². The molecule has 3 nitrogen and oxygen atoms in total. The maximum absolute atomic E-state index is 11.5.